The molecule has 0 nitrogen and oxygen atoms in total. The number of hydrogen-bond acceptors (Lipinski definition) is 0. The van der Waals surface area contributed by atoms with E-state index in [1.807, 2.05) is 0 Å². The lowest BCUT2D eigenvalue weighted by molar-refractivity contribution is 0.454. The Bertz CT molecular complexity index is 487. The number of benzene rings is 1. The lowest BCUT2D eigenvalue weighted by atomic mass is 9.91. The SMILES string of the molecule is C=C(/C=C\C(=C)C(C)CCC(C)CC)c1ccc(C)cc1. The van der Waals surface area contributed by atoms with Gasteiger partial charge in [0.2, 0.25) is 0 Å². The largest absolute Gasteiger partial charge is 0.0956 e. The van der Waals surface area contributed by atoms with Crippen LogP contribution in [-0.2, 0) is 0 Å². The molecular formula is C21H30. The van der Waals surface area contributed by atoms with Gasteiger partial charge in [-0.1, -0.05) is 94.3 Å². The summed E-state index contributed by atoms with van der Waals surface area (Å²) in [6.07, 6.45) is 7.98. The molecule has 0 fully saturated rings. The fourth-order valence-corrected chi connectivity index (χ4v) is 2.16. The molecule has 0 amide bonds. The van der Waals surface area contributed by atoms with Crippen molar-refractivity contribution in [2.75, 3.05) is 0 Å². The summed E-state index contributed by atoms with van der Waals surface area (Å²) < 4.78 is 0. The van der Waals surface area contributed by atoms with Crippen molar-refractivity contribution in [3.05, 3.63) is 66.3 Å². The second-order valence-corrected chi connectivity index (χ2v) is 6.29. The van der Waals surface area contributed by atoms with Gasteiger partial charge in [-0.05, 0) is 36.3 Å². The van der Waals surface area contributed by atoms with E-state index in [9.17, 15) is 0 Å². The van der Waals surface area contributed by atoms with E-state index < -0.39 is 0 Å². The van der Waals surface area contributed by atoms with Crippen molar-refractivity contribution in [3.63, 3.8) is 0 Å². The third-order valence-corrected chi connectivity index (χ3v) is 4.34. The first kappa shape index (κ1) is 17.5. The van der Waals surface area contributed by atoms with Crippen molar-refractivity contribution >= 4 is 5.57 Å². The maximum atomic E-state index is 4.21. The highest BCUT2D eigenvalue weighted by Crippen LogP contribution is 2.22. The van der Waals surface area contributed by atoms with Crippen LogP contribution in [0, 0.1) is 18.8 Å². The predicted octanol–water partition coefficient (Wildman–Crippen LogP) is 6.58. The molecule has 0 saturated heterocycles. The van der Waals surface area contributed by atoms with E-state index in [2.05, 4.69) is 77.3 Å². The molecule has 0 aliphatic rings. The Morgan fingerprint density at radius 1 is 1.05 bits per heavy atom. The average molecular weight is 282 g/mol. The Morgan fingerprint density at radius 2 is 1.67 bits per heavy atom. The highest BCUT2D eigenvalue weighted by Gasteiger charge is 2.07. The van der Waals surface area contributed by atoms with Crippen molar-refractivity contribution in [1.29, 1.82) is 0 Å². The van der Waals surface area contributed by atoms with E-state index in [0.717, 1.165) is 11.5 Å². The maximum absolute atomic E-state index is 4.21. The van der Waals surface area contributed by atoms with Gasteiger partial charge in [0, 0.05) is 0 Å². The van der Waals surface area contributed by atoms with Gasteiger partial charge in [-0.2, -0.15) is 0 Å². The van der Waals surface area contributed by atoms with E-state index >= 15 is 0 Å². The molecule has 0 N–H and O–H groups in total. The molecule has 0 aromatic heterocycles. The summed E-state index contributed by atoms with van der Waals surface area (Å²) in [5, 5.41) is 0. The van der Waals surface area contributed by atoms with Crippen LogP contribution < -0.4 is 0 Å². The lowest BCUT2D eigenvalue weighted by Gasteiger charge is -2.14. The maximum Gasteiger partial charge on any atom is -0.0190 e. The van der Waals surface area contributed by atoms with Crippen LogP contribution in [0.2, 0.25) is 0 Å². The summed E-state index contributed by atoms with van der Waals surface area (Å²) in [6, 6.07) is 8.49. The van der Waals surface area contributed by atoms with E-state index in [1.165, 1.54) is 36.0 Å². The third kappa shape index (κ3) is 6.16. The zero-order valence-corrected chi connectivity index (χ0v) is 14.2. The second kappa shape index (κ2) is 8.67. The summed E-state index contributed by atoms with van der Waals surface area (Å²) in [4.78, 5) is 0. The molecule has 21 heavy (non-hydrogen) atoms. The fraction of sp³-hybridized carbons (Fsp3) is 0.429. The van der Waals surface area contributed by atoms with Crippen LogP contribution >= 0.6 is 0 Å². The van der Waals surface area contributed by atoms with Gasteiger partial charge in [-0.15, -0.1) is 0 Å². The first-order valence-electron chi connectivity index (χ1n) is 8.06. The van der Waals surface area contributed by atoms with Crippen molar-refractivity contribution in [1.82, 2.24) is 0 Å². The summed E-state index contributed by atoms with van der Waals surface area (Å²) >= 11 is 0. The monoisotopic (exact) mass is 282 g/mol. The molecule has 2 unspecified atom stereocenters. The topological polar surface area (TPSA) is 0 Å². The Hall–Kier alpha value is -1.56. The minimum Gasteiger partial charge on any atom is -0.0956 e. The van der Waals surface area contributed by atoms with Crippen molar-refractivity contribution in [3.8, 4) is 0 Å². The van der Waals surface area contributed by atoms with Crippen LogP contribution in [0.15, 0.2) is 55.1 Å². The van der Waals surface area contributed by atoms with Gasteiger partial charge in [0.25, 0.3) is 0 Å². The van der Waals surface area contributed by atoms with Crippen LogP contribution in [0.5, 0.6) is 0 Å². The van der Waals surface area contributed by atoms with E-state index in [1.54, 1.807) is 0 Å². The van der Waals surface area contributed by atoms with Crippen LogP contribution in [-0.4, -0.2) is 0 Å². The quantitative estimate of drug-likeness (QED) is 0.472. The molecule has 0 aliphatic carbocycles. The molecule has 0 radical (unpaired) electrons. The Morgan fingerprint density at radius 3 is 2.24 bits per heavy atom. The molecule has 114 valence electrons. The average Bonchev–Trinajstić information content (AvgIpc) is 2.50. The van der Waals surface area contributed by atoms with E-state index in [0.29, 0.717) is 5.92 Å². The van der Waals surface area contributed by atoms with Gasteiger partial charge in [-0.3, -0.25) is 0 Å². The van der Waals surface area contributed by atoms with Gasteiger partial charge in [-0.25, -0.2) is 0 Å². The highest BCUT2D eigenvalue weighted by atomic mass is 14.1. The molecule has 1 aromatic rings. The summed E-state index contributed by atoms with van der Waals surface area (Å²) in [5.41, 5.74) is 4.70. The van der Waals surface area contributed by atoms with Crippen molar-refractivity contribution < 1.29 is 0 Å². The molecule has 0 saturated carbocycles. The minimum atomic E-state index is 0.543. The molecule has 0 heterocycles. The van der Waals surface area contributed by atoms with Gasteiger partial charge >= 0.3 is 0 Å². The third-order valence-electron chi connectivity index (χ3n) is 4.34. The van der Waals surface area contributed by atoms with Gasteiger partial charge in [0.05, 0.1) is 0 Å². The summed E-state index contributed by atoms with van der Waals surface area (Å²) in [5.74, 6) is 1.35. The first-order chi connectivity index (χ1) is 9.93. The minimum absolute atomic E-state index is 0.543. The number of rotatable bonds is 8. The standard InChI is InChI=1S/C21H30/c1-7-16(2)8-11-18(4)19(5)12-13-20(6)21-14-9-17(3)10-15-21/h9-10,12-16,18H,5-8,11H2,1-4H3/b13-12-. The fourth-order valence-electron chi connectivity index (χ4n) is 2.16. The molecule has 0 bridgehead atoms. The highest BCUT2D eigenvalue weighted by molar-refractivity contribution is 5.72. The molecular weight excluding hydrogens is 252 g/mol. The zero-order valence-electron chi connectivity index (χ0n) is 14.2. The summed E-state index contributed by atoms with van der Waals surface area (Å²) in [6.45, 7) is 17.3. The first-order valence-corrected chi connectivity index (χ1v) is 8.06. The van der Waals surface area contributed by atoms with Crippen LogP contribution in [0.1, 0.15) is 51.2 Å². The molecule has 0 aliphatic heterocycles. The Kier molecular flexibility index (Phi) is 7.22. The summed E-state index contributed by atoms with van der Waals surface area (Å²) in [7, 11) is 0. The smallest absolute Gasteiger partial charge is 0.0190 e. The van der Waals surface area contributed by atoms with Crippen molar-refractivity contribution in [2.24, 2.45) is 11.8 Å². The number of aryl methyl sites for hydroxylation is 1. The number of hydrogen-bond donors (Lipinski definition) is 0. The van der Waals surface area contributed by atoms with Crippen LogP contribution in [0.4, 0.5) is 0 Å². The van der Waals surface area contributed by atoms with E-state index in [4.69, 9.17) is 0 Å². The molecule has 0 spiro atoms. The molecule has 2 atom stereocenters. The molecule has 1 aromatic carbocycles. The van der Waals surface area contributed by atoms with Gasteiger partial charge < -0.3 is 0 Å². The normalized spacial score (nSPS) is 14.1. The number of allylic oxidation sites excluding steroid dienone is 4. The van der Waals surface area contributed by atoms with Gasteiger partial charge in [0.15, 0.2) is 0 Å². The van der Waals surface area contributed by atoms with Crippen LogP contribution in [0.25, 0.3) is 5.57 Å². The van der Waals surface area contributed by atoms with Crippen LogP contribution in [0.3, 0.4) is 0 Å². The lowest BCUT2D eigenvalue weighted by Crippen LogP contribution is -2.00. The molecule has 1 rings (SSSR count). The predicted molar refractivity (Wildman–Crippen MR) is 96.3 cm³/mol. The Labute approximate surface area is 131 Å². The second-order valence-electron chi connectivity index (χ2n) is 6.29. The zero-order chi connectivity index (χ0) is 15.8. The van der Waals surface area contributed by atoms with Crippen molar-refractivity contribution in [2.45, 2.75) is 47.0 Å². The molecule has 0 heteroatoms. The Balaban J connectivity index is 2.53. The van der Waals surface area contributed by atoms with E-state index in [-0.39, 0.29) is 0 Å². The van der Waals surface area contributed by atoms with Gasteiger partial charge in [0.1, 0.15) is 0 Å².